The maximum Gasteiger partial charge on any atom is 0.294 e. The van der Waals surface area contributed by atoms with Gasteiger partial charge in [-0.1, -0.05) is 6.92 Å². The molecule has 0 radical (unpaired) electrons. The maximum atomic E-state index is 12.8. The van der Waals surface area contributed by atoms with Crippen LogP contribution in [-0.2, 0) is 11.3 Å². The number of benzene rings is 1. The standard InChI is InChI=1S/C19H22N4O4S/c1-5-8-20-15(24)10-23-19(25)17-18(28-11(2)21-17)16(22-23)12-6-7-13(26-3)14(9-12)27-4/h6-7,9H,5,8,10H2,1-4H3,(H,20,24). The lowest BCUT2D eigenvalue weighted by atomic mass is 10.1. The Labute approximate surface area is 166 Å². The van der Waals surface area contributed by atoms with E-state index in [0.717, 1.165) is 17.0 Å². The highest BCUT2D eigenvalue weighted by atomic mass is 32.1. The second-order valence-corrected chi connectivity index (χ2v) is 7.34. The fourth-order valence-corrected chi connectivity index (χ4v) is 3.72. The van der Waals surface area contributed by atoms with E-state index in [4.69, 9.17) is 9.47 Å². The molecule has 3 aromatic rings. The van der Waals surface area contributed by atoms with Gasteiger partial charge in [0.1, 0.15) is 12.2 Å². The van der Waals surface area contributed by atoms with Crippen molar-refractivity contribution in [1.82, 2.24) is 20.1 Å². The van der Waals surface area contributed by atoms with Gasteiger partial charge in [-0.25, -0.2) is 9.67 Å². The van der Waals surface area contributed by atoms with Gasteiger partial charge in [0.05, 0.1) is 23.9 Å². The Kier molecular flexibility index (Phi) is 5.93. The first-order chi connectivity index (χ1) is 13.5. The van der Waals surface area contributed by atoms with Crippen molar-refractivity contribution in [3.8, 4) is 22.8 Å². The molecule has 9 heteroatoms. The fraction of sp³-hybridized carbons (Fsp3) is 0.368. The number of hydrogen-bond donors (Lipinski definition) is 1. The van der Waals surface area contributed by atoms with Gasteiger partial charge in [0.2, 0.25) is 5.91 Å². The van der Waals surface area contributed by atoms with E-state index in [1.165, 1.54) is 16.0 Å². The lowest BCUT2D eigenvalue weighted by Crippen LogP contribution is -2.34. The van der Waals surface area contributed by atoms with Gasteiger partial charge in [0.25, 0.3) is 5.56 Å². The van der Waals surface area contributed by atoms with Crippen molar-refractivity contribution in [1.29, 1.82) is 0 Å². The molecule has 0 atom stereocenters. The predicted octanol–water partition coefficient (Wildman–Crippen LogP) is 2.37. The van der Waals surface area contributed by atoms with Crippen molar-refractivity contribution in [2.24, 2.45) is 0 Å². The summed E-state index contributed by atoms with van der Waals surface area (Å²) in [5, 5.41) is 7.99. The Morgan fingerprint density at radius 3 is 2.68 bits per heavy atom. The average Bonchev–Trinajstić information content (AvgIpc) is 3.09. The maximum absolute atomic E-state index is 12.8. The summed E-state index contributed by atoms with van der Waals surface area (Å²) in [7, 11) is 3.12. The predicted molar refractivity (Wildman–Crippen MR) is 108 cm³/mol. The fourth-order valence-electron chi connectivity index (χ4n) is 2.80. The summed E-state index contributed by atoms with van der Waals surface area (Å²) < 4.78 is 12.5. The number of aromatic nitrogens is 3. The van der Waals surface area contributed by atoms with Crippen LogP contribution in [0, 0.1) is 6.92 Å². The second-order valence-electron chi connectivity index (χ2n) is 6.14. The number of nitrogens with zero attached hydrogens (tertiary/aromatic N) is 3. The van der Waals surface area contributed by atoms with Crippen molar-refractivity contribution in [3.05, 3.63) is 33.6 Å². The molecule has 8 nitrogen and oxygen atoms in total. The van der Waals surface area contributed by atoms with Gasteiger partial charge in [-0.15, -0.1) is 11.3 Å². The molecule has 0 saturated carbocycles. The van der Waals surface area contributed by atoms with Gasteiger partial charge < -0.3 is 14.8 Å². The summed E-state index contributed by atoms with van der Waals surface area (Å²) in [6, 6.07) is 5.41. The van der Waals surface area contributed by atoms with Gasteiger partial charge in [-0.2, -0.15) is 5.10 Å². The number of amides is 1. The molecule has 1 N–H and O–H groups in total. The van der Waals surface area contributed by atoms with E-state index in [0.29, 0.717) is 34.0 Å². The molecule has 3 rings (SSSR count). The zero-order chi connectivity index (χ0) is 20.3. The molecule has 0 fully saturated rings. The number of hydrogen-bond acceptors (Lipinski definition) is 7. The number of carbonyl (C=O) groups is 1. The van der Waals surface area contributed by atoms with Crippen LogP contribution >= 0.6 is 11.3 Å². The molecule has 0 bridgehead atoms. The molecule has 1 aromatic carbocycles. The Balaban J connectivity index is 2.15. The number of aryl methyl sites for hydroxylation is 1. The van der Waals surface area contributed by atoms with Gasteiger partial charge in [-0.3, -0.25) is 9.59 Å². The number of ether oxygens (including phenoxy) is 2. The summed E-state index contributed by atoms with van der Waals surface area (Å²) in [6.07, 6.45) is 0.815. The molecule has 2 heterocycles. The number of nitrogens with one attached hydrogen (secondary N) is 1. The van der Waals surface area contributed by atoms with E-state index < -0.39 is 0 Å². The molecule has 0 aliphatic heterocycles. The topological polar surface area (TPSA) is 95.3 Å². The van der Waals surface area contributed by atoms with Gasteiger partial charge in [0.15, 0.2) is 17.0 Å². The Bertz CT molecular complexity index is 1070. The third kappa shape index (κ3) is 3.84. The normalized spacial score (nSPS) is 10.9. The summed E-state index contributed by atoms with van der Waals surface area (Å²) in [6.45, 7) is 4.19. The van der Waals surface area contributed by atoms with E-state index in [1.54, 1.807) is 26.4 Å². The summed E-state index contributed by atoms with van der Waals surface area (Å²) in [5.74, 6) is 0.880. The molecule has 1 amide bonds. The third-order valence-corrected chi connectivity index (χ3v) is 5.11. The highest BCUT2D eigenvalue weighted by Crippen LogP contribution is 2.35. The molecular weight excluding hydrogens is 380 g/mol. The van der Waals surface area contributed by atoms with E-state index >= 15 is 0 Å². The quantitative estimate of drug-likeness (QED) is 0.652. The molecule has 0 unspecified atom stereocenters. The smallest absolute Gasteiger partial charge is 0.294 e. The minimum absolute atomic E-state index is 0.161. The van der Waals surface area contributed by atoms with Crippen molar-refractivity contribution in [2.75, 3.05) is 20.8 Å². The van der Waals surface area contributed by atoms with Gasteiger partial charge in [0, 0.05) is 12.1 Å². The highest BCUT2D eigenvalue weighted by molar-refractivity contribution is 7.19. The van der Waals surface area contributed by atoms with Crippen LogP contribution in [0.2, 0.25) is 0 Å². The van der Waals surface area contributed by atoms with Crippen LogP contribution in [0.15, 0.2) is 23.0 Å². The van der Waals surface area contributed by atoms with Crippen LogP contribution in [0.4, 0.5) is 0 Å². The molecule has 0 spiro atoms. The average molecular weight is 402 g/mol. The SMILES string of the molecule is CCCNC(=O)Cn1nc(-c2ccc(OC)c(OC)c2)c2sc(C)nc2c1=O. The van der Waals surface area contributed by atoms with Crippen LogP contribution < -0.4 is 20.3 Å². The molecule has 28 heavy (non-hydrogen) atoms. The number of rotatable bonds is 7. The Morgan fingerprint density at radius 2 is 2.00 bits per heavy atom. The van der Waals surface area contributed by atoms with Crippen LogP contribution in [0.1, 0.15) is 18.4 Å². The monoisotopic (exact) mass is 402 g/mol. The largest absolute Gasteiger partial charge is 0.493 e. The molecular formula is C19H22N4O4S. The second kappa shape index (κ2) is 8.39. The number of thiazole rings is 1. The first-order valence-corrected chi connectivity index (χ1v) is 9.67. The molecule has 148 valence electrons. The van der Waals surface area contributed by atoms with Crippen molar-refractivity contribution < 1.29 is 14.3 Å². The van der Waals surface area contributed by atoms with Gasteiger partial charge in [-0.05, 0) is 31.5 Å². The molecule has 0 aliphatic carbocycles. The van der Waals surface area contributed by atoms with Crippen molar-refractivity contribution in [2.45, 2.75) is 26.8 Å². The van der Waals surface area contributed by atoms with Crippen molar-refractivity contribution >= 4 is 27.5 Å². The summed E-state index contributed by atoms with van der Waals surface area (Å²) in [5.41, 5.74) is 1.25. The van der Waals surface area contributed by atoms with Crippen LogP contribution in [0.25, 0.3) is 21.5 Å². The van der Waals surface area contributed by atoms with Crippen LogP contribution in [0.3, 0.4) is 0 Å². The molecule has 0 aliphatic rings. The minimum Gasteiger partial charge on any atom is -0.493 e. The molecule has 2 aromatic heterocycles. The highest BCUT2D eigenvalue weighted by Gasteiger charge is 2.19. The zero-order valence-corrected chi connectivity index (χ0v) is 17.1. The van der Waals surface area contributed by atoms with E-state index in [1.807, 2.05) is 19.9 Å². The third-order valence-electron chi connectivity index (χ3n) is 4.13. The van der Waals surface area contributed by atoms with E-state index in [9.17, 15) is 9.59 Å². The summed E-state index contributed by atoms with van der Waals surface area (Å²) >= 11 is 1.39. The minimum atomic E-state index is -0.379. The van der Waals surface area contributed by atoms with Crippen molar-refractivity contribution in [3.63, 3.8) is 0 Å². The number of methoxy groups -OCH3 is 2. The molecule has 0 saturated heterocycles. The lowest BCUT2D eigenvalue weighted by Gasteiger charge is -2.11. The van der Waals surface area contributed by atoms with Gasteiger partial charge >= 0.3 is 0 Å². The summed E-state index contributed by atoms with van der Waals surface area (Å²) in [4.78, 5) is 29.3. The zero-order valence-electron chi connectivity index (χ0n) is 16.2. The lowest BCUT2D eigenvalue weighted by molar-refractivity contribution is -0.121. The van der Waals surface area contributed by atoms with Crippen LogP contribution in [0.5, 0.6) is 11.5 Å². The Morgan fingerprint density at radius 1 is 1.25 bits per heavy atom. The van der Waals surface area contributed by atoms with E-state index in [2.05, 4.69) is 15.4 Å². The number of fused-ring (bicyclic) bond motifs is 1. The van der Waals surface area contributed by atoms with E-state index in [-0.39, 0.29) is 18.0 Å². The Hall–Kier alpha value is -2.94. The first-order valence-electron chi connectivity index (χ1n) is 8.85. The first kappa shape index (κ1) is 19.8. The van der Waals surface area contributed by atoms with Crippen LogP contribution in [-0.4, -0.2) is 41.4 Å². The number of carbonyl (C=O) groups excluding carboxylic acids is 1.